The molecule has 4 nitrogen and oxygen atoms in total. The molecule has 2 aromatic rings. The van der Waals surface area contributed by atoms with Gasteiger partial charge in [-0.25, -0.2) is 4.79 Å². The topological polar surface area (TPSA) is 72.0 Å². The molecule has 0 atom stereocenters. The number of aromatic amines is 1. The fourth-order valence-corrected chi connectivity index (χ4v) is 1.11. The number of hydrogen-bond donors (Lipinski definition) is 2. The Balaban J connectivity index is 2.72. The van der Waals surface area contributed by atoms with Gasteiger partial charge in [-0.05, 0) is 24.1 Å². The van der Waals surface area contributed by atoms with E-state index < -0.39 is 5.76 Å². The second kappa shape index (κ2) is 2.72. The van der Waals surface area contributed by atoms with Crippen molar-refractivity contribution in [3.8, 4) is 12.0 Å². The molecule has 0 aliphatic heterocycles. The molecule has 3 N–H and O–H groups in total. The highest BCUT2D eigenvalue weighted by atomic mass is 16.4. The van der Waals surface area contributed by atoms with Crippen LogP contribution in [0.15, 0.2) is 27.4 Å². The molecule has 2 rings (SSSR count). The zero-order valence-corrected chi connectivity index (χ0v) is 6.63. The summed E-state index contributed by atoms with van der Waals surface area (Å²) in [6.45, 7) is 0. The van der Waals surface area contributed by atoms with Crippen LogP contribution in [0.5, 0.6) is 0 Å². The molecule has 0 aliphatic carbocycles. The van der Waals surface area contributed by atoms with Gasteiger partial charge in [0.25, 0.3) is 0 Å². The largest absolute Gasteiger partial charge is 0.417 e. The molecule has 1 heterocycles. The second-order valence-electron chi connectivity index (χ2n) is 2.49. The first-order chi connectivity index (χ1) is 6.29. The number of hydrogen-bond acceptors (Lipinski definition) is 3. The average molecular weight is 174 g/mol. The number of fused-ring (bicyclic) bond motifs is 1. The Labute approximate surface area is 73.4 Å². The van der Waals surface area contributed by atoms with Gasteiger partial charge in [-0.3, -0.25) is 4.98 Å². The van der Waals surface area contributed by atoms with Crippen molar-refractivity contribution in [2.75, 3.05) is 0 Å². The van der Waals surface area contributed by atoms with Gasteiger partial charge < -0.3 is 10.2 Å². The third-order valence-electron chi connectivity index (χ3n) is 1.64. The van der Waals surface area contributed by atoms with Crippen molar-refractivity contribution in [2.45, 2.75) is 0 Å². The highest BCUT2D eigenvalue weighted by molar-refractivity contribution is 5.73. The Morgan fingerprint density at radius 3 is 3.08 bits per heavy atom. The summed E-state index contributed by atoms with van der Waals surface area (Å²) in [6.07, 6.45) is 0. The molecular formula is C9H6N2O2. The summed E-state index contributed by atoms with van der Waals surface area (Å²) in [5.41, 5.74) is 6.92. The van der Waals surface area contributed by atoms with E-state index in [9.17, 15) is 4.79 Å². The molecule has 1 aromatic heterocycles. The Morgan fingerprint density at radius 2 is 2.31 bits per heavy atom. The van der Waals surface area contributed by atoms with Crippen molar-refractivity contribution in [3.05, 3.63) is 34.3 Å². The molecule has 13 heavy (non-hydrogen) atoms. The van der Waals surface area contributed by atoms with Gasteiger partial charge in [-0.2, -0.15) is 0 Å². The number of aromatic nitrogens is 1. The molecule has 0 spiro atoms. The van der Waals surface area contributed by atoms with E-state index in [2.05, 4.69) is 16.9 Å². The van der Waals surface area contributed by atoms with E-state index in [1.54, 1.807) is 18.2 Å². The van der Waals surface area contributed by atoms with Gasteiger partial charge in [0.2, 0.25) is 0 Å². The monoisotopic (exact) mass is 174 g/mol. The molecule has 0 radical (unpaired) electrons. The smallest absolute Gasteiger partial charge is 0.408 e. The highest BCUT2D eigenvalue weighted by Gasteiger charge is 1.99. The number of H-pyrrole nitrogens is 1. The lowest BCUT2D eigenvalue weighted by Gasteiger charge is -1.87. The maximum absolute atomic E-state index is 10.8. The van der Waals surface area contributed by atoms with Gasteiger partial charge in [-0.1, -0.05) is 0 Å². The number of benzene rings is 1. The molecule has 0 unspecified atom stereocenters. The van der Waals surface area contributed by atoms with Gasteiger partial charge in [-0.15, -0.1) is 0 Å². The van der Waals surface area contributed by atoms with Crippen LogP contribution in [0.25, 0.3) is 11.1 Å². The molecule has 4 heteroatoms. The predicted octanol–water partition coefficient (Wildman–Crippen LogP) is 0.389. The lowest BCUT2D eigenvalue weighted by molar-refractivity contribution is 0.555. The van der Waals surface area contributed by atoms with Gasteiger partial charge >= 0.3 is 5.76 Å². The highest BCUT2D eigenvalue weighted by Crippen LogP contribution is 2.10. The fourth-order valence-electron chi connectivity index (χ4n) is 1.11. The molecule has 0 saturated carbocycles. The summed E-state index contributed by atoms with van der Waals surface area (Å²) in [7, 11) is 0. The molecule has 0 amide bonds. The van der Waals surface area contributed by atoms with E-state index in [1.165, 1.54) is 0 Å². The Morgan fingerprint density at radius 1 is 1.46 bits per heavy atom. The van der Waals surface area contributed by atoms with Crippen LogP contribution < -0.4 is 11.5 Å². The van der Waals surface area contributed by atoms with E-state index in [0.717, 1.165) is 5.56 Å². The van der Waals surface area contributed by atoms with Gasteiger partial charge in [0.1, 0.15) is 0 Å². The van der Waals surface area contributed by atoms with E-state index in [0.29, 0.717) is 11.1 Å². The second-order valence-corrected chi connectivity index (χ2v) is 2.49. The molecule has 0 bridgehead atoms. The van der Waals surface area contributed by atoms with Crippen LogP contribution in [0, 0.1) is 12.0 Å². The molecule has 0 aliphatic rings. The summed E-state index contributed by atoms with van der Waals surface area (Å²) in [6, 6.07) is 7.42. The predicted molar refractivity (Wildman–Crippen MR) is 47.9 cm³/mol. The summed E-state index contributed by atoms with van der Waals surface area (Å²) in [5, 5.41) is 0. The molecular weight excluding hydrogens is 168 g/mol. The van der Waals surface area contributed by atoms with Crippen molar-refractivity contribution in [1.29, 1.82) is 0 Å². The van der Waals surface area contributed by atoms with Crippen LogP contribution in [-0.4, -0.2) is 4.98 Å². The van der Waals surface area contributed by atoms with Crippen LogP contribution in [-0.2, 0) is 0 Å². The SMILES string of the molecule is NC#Cc1ccc2[nH]c(=O)oc2c1. The fraction of sp³-hybridized carbons (Fsp3) is 0. The van der Waals surface area contributed by atoms with Crippen molar-refractivity contribution in [2.24, 2.45) is 5.73 Å². The van der Waals surface area contributed by atoms with Crippen molar-refractivity contribution in [3.63, 3.8) is 0 Å². The van der Waals surface area contributed by atoms with Crippen LogP contribution in [0.2, 0.25) is 0 Å². The zero-order chi connectivity index (χ0) is 9.26. The van der Waals surface area contributed by atoms with Gasteiger partial charge in [0.05, 0.1) is 5.52 Å². The van der Waals surface area contributed by atoms with E-state index in [1.807, 2.05) is 0 Å². The minimum Gasteiger partial charge on any atom is -0.408 e. The number of rotatable bonds is 0. The van der Waals surface area contributed by atoms with Crippen LogP contribution >= 0.6 is 0 Å². The Hall–Kier alpha value is -2.15. The molecule has 0 saturated heterocycles. The van der Waals surface area contributed by atoms with Gasteiger partial charge in [0, 0.05) is 11.6 Å². The van der Waals surface area contributed by atoms with E-state index in [4.69, 9.17) is 10.2 Å². The van der Waals surface area contributed by atoms with Crippen molar-refractivity contribution >= 4 is 11.1 Å². The van der Waals surface area contributed by atoms with E-state index in [-0.39, 0.29) is 0 Å². The normalized spacial score (nSPS) is 9.54. The summed E-state index contributed by atoms with van der Waals surface area (Å²) < 4.78 is 4.84. The summed E-state index contributed by atoms with van der Waals surface area (Å²) >= 11 is 0. The van der Waals surface area contributed by atoms with Crippen LogP contribution in [0.3, 0.4) is 0 Å². The first kappa shape index (κ1) is 7.50. The van der Waals surface area contributed by atoms with Crippen molar-refractivity contribution in [1.82, 2.24) is 4.98 Å². The minimum atomic E-state index is -0.465. The average Bonchev–Trinajstić information content (AvgIpc) is 2.44. The summed E-state index contributed by atoms with van der Waals surface area (Å²) in [5.74, 6) is 2.20. The maximum atomic E-state index is 10.8. The first-order valence-electron chi connectivity index (χ1n) is 3.64. The van der Waals surface area contributed by atoms with Gasteiger partial charge in [0.15, 0.2) is 5.58 Å². The Bertz CT molecular complexity index is 554. The lowest BCUT2D eigenvalue weighted by atomic mass is 10.2. The first-order valence-corrected chi connectivity index (χ1v) is 3.64. The molecule has 1 aromatic carbocycles. The van der Waals surface area contributed by atoms with Crippen LogP contribution in [0.1, 0.15) is 5.56 Å². The third kappa shape index (κ3) is 1.27. The quantitative estimate of drug-likeness (QED) is 0.448. The maximum Gasteiger partial charge on any atom is 0.417 e. The van der Waals surface area contributed by atoms with Crippen molar-refractivity contribution < 1.29 is 4.42 Å². The summed E-state index contributed by atoms with van der Waals surface area (Å²) in [4.78, 5) is 13.3. The van der Waals surface area contributed by atoms with E-state index >= 15 is 0 Å². The zero-order valence-electron chi connectivity index (χ0n) is 6.63. The standard InChI is InChI=1S/C9H6N2O2/c10-4-3-6-1-2-7-8(5-6)13-9(12)11-7/h1-2,5H,10H2,(H,11,12). The lowest BCUT2D eigenvalue weighted by Crippen LogP contribution is -1.92. The minimum absolute atomic E-state index is 0.465. The number of oxazole rings is 1. The number of nitrogens with two attached hydrogens (primary N) is 1. The third-order valence-corrected chi connectivity index (χ3v) is 1.64. The molecule has 64 valence electrons. The number of nitrogens with one attached hydrogen (secondary N) is 1. The Kier molecular flexibility index (Phi) is 1.57. The molecule has 0 fully saturated rings. The van der Waals surface area contributed by atoms with Crippen LogP contribution in [0.4, 0.5) is 0 Å².